The summed E-state index contributed by atoms with van der Waals surface area (Å²) in [5.74, 6) is 1.53. The van der Waals surface area contributed by atoms with Crippen LogP contribution in [0.15, 0.2) is 18.6 Å². The lowest BCUT2D eigenvalue weighted by atomic mass is 9.97. The van der Waals surface area contributed by atoms with Crippen LogP contribution in [0.1, 0.15) is 26.2 Å². The van der Waals surface area contributed by atoms with E-state index in [0.717, 1.165) is 31.7 Å². The molecule has 1 saturated heterocycles. The molecule has 0 saturated carbocycles. The monoisotopic (exact) mass is 298 g/mol. The van der Waals surface area contributed by atoms with Gasteiger partial charge in [-0.25, -0.2) is 18.1 Å². The Labute approximate surface area is 120 Å². The standard InChI is InChI=1S/C13H22N4O2S/c1-2-9-20(18,19)16-10-12-3-7-17(8-4-12)13-11-14-5-6-15-13/h5-6,11-12,16H,2-4,7-10H2,1H3. The van der Waals surface area contributed by atoms with Crippen molar-refractivity contribution in [2.75, 3.05) is 30.3 Å². The molecule has 0 spiro atoms. The summed E-state index contributed by atoms with van der Waals surface area (Å²) in [6.07, 6.45) is 7.74. The number of hydrogen-bond donors (Lipinski definition) is 1. The Bertz CT molecular complexity index is 498. The van der Waals surface area contributed by atoms with Crippen LogP contribution in [0.25, 0.3) is 0 Å². The van der Waals surface area contributed by atoms with Crippen LogP contribution >= 0.6 is 0 Å². The van der Waals surface area contributed by atoms with Crippen LogP contribution in [0.5, 0.6) is 0 Å². The van der Waals surface area contributed by atoms with E-state index in [2.05, 4.69) is 19.6 Å². The summed E-state index contributed by atoms with van der Waals surface area (Å²) in [5.41, 5.74) is 0. The van der Waals surface area contributed by atoms with E-state index in [1.54, 1.807) is 18.6 Å². The highest BCUT2D eigenvalue weighted by Gasteiger charge is 2.21. The van der Waals surface area contributed by atoms with E-state index in [-0.39, 0.29) is 5.75 Å². The van der Waals surface area contributed by atoms with Gasteiger partial charge in [0.2, 0.25) is 10.0 Å². The predicted molar refractivity (Wildman–Crippen MR) is 79.0 cm³/mol. The molecule has 1 aromatic rings. The summed E-state index contributed by atoms with van der Waals surface area (Å²) < 4.78 is 25.9. The van der Waals surface area contributed by atoms with Crippen molar-refractivity contribution in [3.8, 4) is 0 Å². The molecular formula is C13H22N4O2S. The van der Waals surface area contributed by atoms with Gasteiger partial charge in [-0.2, -0.15) is 0 Å². The molecule has 1 N–H and O–H groups in total. The molecule has 2 heterocycles. The van der Waals surface area contributed by atoms with Gasteiger partial charge in [0.05, 0.1) is 11.9 Å². The molecule has 0 amide bonds. The molecule has 2 rings (SSSR count). The van der Waals surface area contributed by atoms with Crippen LogP contribution in [-0.2, 0) is 10.0 Å². The van der Waals surface area contributed by atoms with Gasteiger partial charge >= 0.3 is 0 Å². The third-order valence-electron chi connectivity index (χ3n) is 3.55. The molecular weight excluding hydrogens is 276 g/mol. The minimum atomic E-state index is -3.08. The van der Waals surface area contributed by atoms with Gasteiger partial charge < -0.3 is 4.90 Å². The minimum absolute atomic E-state index is 0.214. The van der Waals surface area contributed by atoms with Crippen molar-refractivity contribution in [2.45, 2.75) is 26.2 Å². The number of hydrogen-bond acceptors (Lipinski definition) is 5. The molecule has 0 bridgehead atoms. The fourth-order valence-electron chi connectivity index (χ4n) is 2.41. The van der Waals surface area contributed by atoms with Crippen LogP contribution in [0.4, 0.5) is 5.82 Å². The Morgan fingerprint density at radius 2 is 2.10 bits per heavy atom. The Morgan fingerprint density at radius 3 is 2.70 bits per heavy atom. The second-order valence-corrected chi connectivity index (χ2v) is 7.09. The van der Waals surface area contributed by atoms with Gasteiger partial charge in [0, 0.05) is 32.0 Å². The van der Waals surface area contributed by atoms with Crippen molar-refractivity contribution >= 4 is 15.8 Å². The molecule has 20 heavy (non-hydrogen) atoms. The fraction of sp³-hybridized carbons (Fsp3) is 0.692. The highest BCUT2D eigenvalue weighted by atomic mass is 32.2. The summed E-state index contributed by atoms with van der Waals surface area (Å²) in [6.45, 7) is 4.23. The van der Waals surface area contributed by atoms with E-state index in [4.69, 9.17) is 0 Å². The van der Waals surface area contributed by atoms with E-state index in [9.17, 15) is 8.42 Å². The van der Waals surface area contributed by atoms with Crippen molar-refractivity contribution in [3.63, 3.8) is 0 Å². The lowest BCUT2D eigenvalue weighted by Crippen LogP contribution is -2.39. The average molecular weight is 298 g/mol. The van der Waals surface area contributed by atoms with Crippen LogP contribution in [0, 0.1) is 5.92 Å². The molecule has 0 aromatic carbocycles. The maximum absolute atomic E-state index is 11.6. The van der Waals surface area contributed by atoms with Crippen molar-refractivity contribution in [3.05, 3.63) is 18.6 Å². The number of piperidine rings is 1. The number of anilines is 1. The molecule has 0 radical (unpaired) electrons. The summed E-state index contributed by atoms with van der Waals surface area (Å²) in [5, 5.41) is 0. The van der Waals surface area contributed by atoms with E-state index in [1.807, 2.05) is 6.92 Å². The van der Waals surface area contributed by atoms with Gasteiger partial charge in [-0.05, 0) is 25.2 Å². The van der Waals surface area contributed by atoms with Gasteiger partial charge in [-0.3, -0.25) is 4.98 Å². The normalized spacial score (nSPS) is 17.4. The highest BCUT2D eigenvalue weighted by Crippen LogP contribution is 2.20. The lowest BCUT2D eigenvalue weighted by molar-refractivity contribution is 0.400. The SMILES string of the molecule is CCCS(=O)(=O)NCC1CCN(c2cnccn2)CC1. The quantitative estimate of drug-likeness (QED) is 0.849. The van der Waals surface area contributed by atoms with E-state index >= 15 is 0 Å². The van der Waals surface area contributed by atoms with Crippen molar-refractivity contribution < 1.29 is 8.42 Å². The Hall–Kier alpha value is -1.21. The Balaban J connectivity index is 1.77. The summed E-state index contributed by atoms with van der Waals surface area (Å²) in [4.78, 5) is 10.6. The molecule has 0 aliphatic carbocycles. The Kier molecular flexibility index (Phi) is 5.31. The molecule has 1 fully saturated rings. The summed E-state index contributed by atoms with van der Waals surface area (Å²) in [6, 6.07) is 0. The van der Waals surface area contributed by atoms with Crippen molar-refractivity contribution in [2.24, 2.45) is 5.92 Å². The third kappa shape index (κ3) is 4.42. The van der Waals surface area contributed by atoms with Crippen molar-refractivity contribution in [1.82, 2.24) is 14.7 Å². The maximum Gasteiger partial charge on any atom is 0.211 e. The first-order valence-corrected chi connectivity index (χ1v) is 8.74. The van der Waals surface area contributed by atoms with E-state index in [0.29, 0.717) is 18.9 Å². The molecule has 1 aliphatic rings. The molecule has 0 atom stereocenters. The first kappa shape index (κ1) is 15.2. The average Bonchev–Trinajstić information content (AvgIpc) is 2.47. The molecule has 7 heteroatoms. The smallest absolute Gasteiger partial charge is 0.211 e. The maximum atomic E-state index is 11.6. The number of nitrogens with one attached hydrogen (secondary N) is 1. The molecule has 1 aliphatic heterocycles. The zero-order valence-corrected chi connectivity index (χ0v) is 12.6. The topological polar surface area (TPSA) is 75.2 Å². The first-order chi connectivity index (χ1) is 9.61. The summed E-state index contributed by atoms with van der Waals surface area (Å²) in [7, 11) is -3.08. The molecule has 6 nitrogen and oxygen atoms in total. The molecule has 112 valence electrons. The molecule has 1 aromatic heterocycles. The Morgan fingerprint density at radius 1 is 1.35 bits per heavy atom. The van der Waals surface area contributed by atoms with Gasteiger partial charge in [-0.1, -0.05) is 6.92 Å². The van der Waals surface area contributed by atoms with Gasteiger partial charge in [0.15, 0.2) is 0 Å². The van der Waals surface area contributed by atoms with Gasteiger partial charge in [-0.15, -0.1) is 0 Å². The number of rotatable bonds is 6. The molecule has 0 unspecified atom stereocenters. The van der Waals surface area contributed by atoms with Crippen LogP contribution in [-0.4, -0.2) is 43.8 Å². The minimum Gasteiger partial charge on any atom is -0.355 e. The number of sulfonamides is 1. The van der Waals surface area contributed by atoms with Crippen LogP contribution in [0.3, 0.4) is 0 Å². The van der Waals surface area contributed by atoms with Gasteiger partial charge in [0.1, 0.15) is 5.82 Å². The lowest BCUT2D eigenvalue weighted by Gasteiger charge is -2.32. The zero-order valence-electron chi connectivity index (χ0n) is 11.8. The third-order valence-corrected chi connectivity index (χ3v) is 5.11. The van der Waals surface area contributed by atoms with E-state index < -0.39 is 10.0 Å². The first-order valence-electron chi connectivity index (χ1n) is 7.09. The van der Waals surface area contributed by atoms with Gasteiger partial charge in [0.25, 0.3) is 0 Å². The van der Waals surface area contributed by atoms with Crippen molar-refractivity contribution in [1.29, 1.82) is 0 Å². The van der Waals surface area contributed by atoms with Crippen LogP contribution in [0.2, 0.25) is 0 Å². The predicted octanol–water partition coefficient (Wildman–Crippen LogP) is 1.02. The van der Waals surface area contributed by atoms with Crippen LogP contribution < -0.4 is 9.62 Å². The largest absolute Gasteiger partial charge is 0.355 e. The number of aromatic nitrogens is 2. The second-order valence-electron chi connectivity index (χ2n) is 5.16. The van der Waals surface area contributed by atoms with E-state index in [1.165, 1.54) is 0 Å². The summed E-state index contributed by atoms with van der Waals surface area (Å²) >= 11 is 0. The fourth-order valence-corrected chi connectivity index (χ4v) is 3.58. The second kappa shape index (κ2) is 6.99. The highest BCUT2D eigenvalue weighted by molar-refractivity contribution is 7.89. The zero-order chi connectivity index (χ0) is 14.4. The number of nitrogens with zero attached hydrogens (tertiary/aromatic N) is 3.